The summed E-state index contributed by atoms with van der Waals surface area (Å²) in [5.41, 5.74) is 1.82. The lowest BCUT2D eigenvalue weighted by Crippen LogP contribution is -2.22. The van der Waals surface area contributed by atoms with Gasteiger partial charge in [0.2, 0.25) is 0 Å². The van der Waals surface area contributed by atoms with E-state index in [0.717, 1.165) is 9.13 Å². The van der Waals surface area contributed by atoms with Crippen LogP contribution in [-0.2, 0) is 0 Å². The lowest BCUT2D eigenvalue weighted by Gasteiger charge is -2.11. The molecule has 4 rings (SSSR count). The highest BCUT2D eigenvalue weighted by Gasteiger charge is 2.13. The van der Waals surface area contributed by atoms with Crippen LogP contribution in [0.4, 0.5) is 5.69 Å². The number of rotatable bonds is 4. The van der Waals surface area contributed by atoms with Crippen molar-refractivity contribution in [2.75, 3.05) is 0 Å². The molecule has 142 valence electrons. The number of non-ortho nitro benzene ring substituents is 1. The van der Waals surface area contributed by atoms with Gasteiger partial charge < -0.3 is 0 Å². The summed E-state index contributed by atoms with van der Waals surface area (Å²) >= 11 is 2.15. The topological polar surface area (TPSA) is 78.0 Å². The first-order valence-corrected chi connectivity index (χ1v) is 9.81. The predicted molar refractivity (Wildman–Crippen MR) is 122 cm³/mol. The smallest absolute Gasteiger partial charge is 0.268 e. The van der Waals surface area contributed by atoms with Gasteiger partial charge >= 0.3 is 0 Å². The maximum Gasteiger partial charge on any atom is 0.269 e. The third-order valence-corrected chi connectivity index (χ3v) is 5.07. The molecule has 3 aromatic carbocycles. The van der Waals surface area contributed by atoms with E-state index < -0.39 is 4.92 Å². The molecule has 0 fully saturated rings. The number of nitrogens with zero attached hydrogens (tertiary/aromatic N) is 3. The second kappa shape index (κ2) is 7.96. The van der Waals surface area contributed by atoms with Crippen molar-refractivity contribution in [3.63, 3.8) is 0 Å². The summed E-state index contributed by atoms with van der Waals surface area (Å²) in [6.45, 7) is 0. The van der Waals surface area contributed by atoms with Gasteiger partial charge in [0.05, 0.1) is 21.5 Å². The molecule has 4 aromatic rings. The molecule has 0 amide bonds. The lowest BCUT2D eigenvalue weighted by molar-refractivity contribution is -0.384. The normalized spacial score (nSPS) is 11.2. The minimum Gasteiger partial charge on any atom is -0.268 e. The van der Waals surface area contributed by atoms with E-state index in [1.807, 2.05) is 48.5 Å². The van der Waals surface area contributed by atoms with Crippen LogP contribution in [0.25, 0.3) is 28.7 Å². The van der Waals surface area contributed by atoms with Crippen LogP contribution < -0.4 is 5.56 Å². The number of hydrogen-bond acceptors (Lipinski definition) is 4. The first-order valence-electron chi connectivity index (χ1n) is 8.73. The van der Waals surface area contributed by atoms with E-state index in [2.05, 4.69) is 27.6 Å². The van der Waals surface area contributed by atoms with E-state index in [1.54, 1.807) is 24.3 Å². The highest BCUT2D eigenvalue weighted by Crippen LogP contribution is 2.19. The fourth-order valence-corrected chi connectivity index (χ4v) is 3.49. The fraction of sp³-hybridized carbons (Fsp3) is 0. The molecule has 29 heavy (non-hydrogen) atoms. The van der Waals surface area contributed by atoms with Crippen molar-refractivity contribution in [2.24, 2.45) is 0 Å². The fourth-order valence-electron chi connectivity index (χ4n) is 2.99. The Morgan fingerprint density at radius 2 is 1.69 bits per heavy atom. The van der Waals surface area contributed by atoms with Gasteiger partial charge in [0.25, 0.3) is 11.2 Å². The van der Waals surface area contributed by atoms with Crippen molar-refractivity contribution in [3.8, 4) is 5.69 Å². The molecule has 0 bridgehead atoms. The summed E-state index contributed by atoms with van der Waals surface area (Å²) in [5.74, 6) is 0.446. The molecule has 0 saturated heterocycles. The number of fused-ring (bicyclic) bond motifs is 1. The second-order valence-electron chi connectivity index (χ2n) is 6.29. The standard InChI is InChI=1S/C22H14IN3O3/c23-16-7-12-20-19(14-16)22(27)25(17-8-10-18(11-9-17)26(28)29)21(24-20)13-6-15-4-2-1-3-5-15/h1-14H. The second-order valence-corrected chi connectivity index (χ2v) is 7.54. The molecule has 0 saturated carbocycles. The zero-order valence-electron chi connectivity index (χ0n) is 15.0. The summed E-state index contributed by atoms with van der Waals surface area (Å²) in [6, 6.07) is 21.1. The molecule has 0 aliphatic heterocycles. The van der Waals surface area contributed by atoms with Gasteiger partial charge in [-0.05, 0) is 64.6 Å². The van der Waals surface area contributed by atoms with Crippen LogP contribution in [0.1, 0.15) is 11.4 Å². The molecule has 1 aromatic heterocycles. The van der Waals surface area contributed by atoms with E-state index in [-0.39, 0.29) is 11.2 Å². The van der Waals surface area contributed by atoms with Gasteiger partial charge in [-0.3, -0.25) is 19.5 Å². The van der Waals surface area contributed by atoms with Crippen molar-refractivity contribution >= 4 is 51.3 Å². The van der Waals surface area contributed by atoms with E-state index in [1.165, 1.54) is 16.7 Å². The number of nitro groups is 1. The number of aromatic nitrogens is 2. The molecule has 0 aliphatic carbocycles. The minimum atomic E-state index is -0.468. The summed E-state index contributed by atoms with van der Waals surface area (Å²) in [7, 11) is 0. The molecule has 1 heterocycles. The van der Waals surface area contributed by atoms with E-state index >= 15 is 0 Å². The predicted octanol–water partition coefficient (Wildman–Crippen LogP) is 5.07. The van der Waals surface area contributed by atoms with Gasteiger partial charge in [-0.15, -0.1) is 0 Å². The number of hydrogen-bond donors (Lipinski definition) is 0. The lowest BCUT2D eigenvalue weighted by atomic mass is 10.2. The number of nitro benzene ring substituents is 1. The molecule has 0 N–H and O–H groups in total. The average Bonchev–Trinajstić information content (AvgIpc) is 2.74. The maximum atomic E-state index is 13.3. The van der Waals surface area contributed by atoms with Gasteiger partial charge in [-0.25, -0.2) is 4.98 Å². The summed E-state index contributed by atoms with van der Waals surface area (Å²) < 4.78 is 2.40. The summed E-state index contributed by atoms with van der Waals surface area (Å²) in [5, 5.41) is 11.5. The number of halogens is 1. The molecule has 0 atom stereocenters. The Bertz CT molecular complexity index is 1300. The molecule has 0 aliphatic rings. The molecule has 0 spiro atoms. The molecule has 0 radical (unpaired) electrons. The van der Waals surface area contributed by atoms with Crippen molar-refractivity contribution < 1.29 is 4.92 Å². The van der Waals surface area contributed by atoms with Crippen LogP contribution in [-0.4, -0.2) is 14.5 Å². The van der Waals surface area contributed by atoms with Crippen molar-refractivity contribution in [1.82, 2.24) is 9.55 Å². The van der Waals surface area contributed by atoms with Crippen molar-refractivity contribution in [3.05, 3.63) is 108 Å². The first kappa shape index (κ1) is 19.0. The minimum absolute atomic E-state index is 0.0357. The quantitative estimate of drug-likeness (QED) is 0.225. The zero-order chi connectivity index (χ0) is 20.4. The van der Waals surface area contributed by atoms with Crippen LogP contribution in [0.5, 0.6) is 0 Å². The Morgan fingerprint density at radius 3 is 2.38 bits per heavy atom. The Morgan fingerprint density at radius 1 is 0.966 bits per heavy atom. The van der Waals surface area contributed by atoms with Gasteiger partial charge in [0, 0.05) is 15.7 Å². The van der Waals surface area contributed by atoms with Crippen molar-refractivity contribution in [1.29, 1.82) is 0 Å². The summed E-state index contributed by atoms with van der Waals surface area (Å²) in [6.07, 6.45) is 3.65. The highest BCUT2D eigenvalue weighted by atomic mass is 127. The molecule has 7 heteroatoms. The van der Waals surface area contributed by atoms with Gasteiger partial charge in [-0.2, -0.15) is 0 Å². The molecular formula is C22H14IN3O3. The Balaban J connectivity index is 1.94. The highest BCUT2D eigenvalue weighted by molar-refractivity contribution is 14.1. The van der Waals surface area contributed by atoms with Crippen molar-refractivity contribution in [2.45, 2.75) is 0 Å². The van der Waals surface area contributed by atoms with Crippen LogP contribution in [0.3, 0.4) is 0 Å². The zero-order valence-corrected chi connectivity index (χ0v) is 17.2. The first-order chi connectivity index (χ1) is 14.0. The largest absolute Gasteiger partial charge is 0.269 e. The van der Waals surface area contributed by atoms with Crippen LogP contribution in [0, 0.1) is 13.7 Å². The molecule has 6 nitrogen and oxygen atoms in total. The average molecular weight is 495 g/mol. The van der Waals surface area contributed by atoms with Crippen LogP contribution >= 0.6 is 22.6 Å². The Labute approximate surface area is 179 Å². The maximum absolute atomic E-state index is 13.3. The van der Waals surface area contributed by atoms with E-state index in [9.17, 15) is 14.9 Å². The third kappa shape index (κ3) is 3.95. The molecular weight excluding hydrogens is 481 g/mol. The number of benzene rings is 3. The van der Waals surface area contributed by atoms with Crippen LogP contribution in [0.2, 0.25) is 0 Å². The van der Waals surface area contributed by atoms with Crippen LogP contribution in [0.15, 0.2) is 77.6 Å². The Kier molecular flexibility index (Phi) is 5.22. The van der Waals surface area contributed by atoms with Gasteiger partial charge in [0.1, 0.15) is 5.82 Å². The monoisotopic (exact) mass is 495 g/mol. The van der Waals surface area contributed by atoms with Gasteiger partial charge in [-0.1, -0.05) is 36.4 Å². The SMILES string of the molecule is O=c1c2cc(I)ccc2nc(C=Cc2ccccc2)n1-c1ccc([N+](=O)[O-])cc1. The Hall–Kier alpha value is -3.33. The summed E-state index contributed by atoms with van der Waals surface area (Å²) in [4.78, 5) is 28.4. The van der Waals surface area contributed by atoms with E-state index in [0.29, 0.717) is 22.4 Å². The third-order valence-electron chi connectivity index (χ3n) is 4.40. The van der Waals surface area contributed by atoms with E-state index in [4.69, 9.17) is 0 Å². The van der Waals surface area contributed by atoms with Gasteiger partial charge in [0.15, 0.2) is 0 Å². The molecule has 0 unspecified atom stereocenters.